The van der Waals surface area contributed by atoms with Gasteiger partial charge in [-0.05, 0) is 18.2 Å². The Hall–Kier alpha value is -2.14. The van der Waals surface area contributed by atoms with E-state index in [0.29, 0.717) is 10.8 Å². The van der Waals surface area contributed by atoms with Crippen molar-refractivity contribution >= 4 is 27.8 Å². The fraction of sp³-hybridized carbons (Fsp3) is 0.0667. The molecule has 1 aromatic heterocycles. The van der Waals surface area contributed by atoms with Crippen LogP contribution in [0.5, 0.6) is 5.75 Å². The molecule has 0 amide bonds. The maximum atomic E-state index is 11.6. The normalized spacial score (nSPS) is 10.4. The fourth-order valence-corrected chi connectivity index (χ4v) is 2.50. The van der Waals surface area contributed by atoms with Gasteiger partial charge in [-0.3, -0.25) is 0 Å². The van der Waals surface area contributed by atoms with Crippen LogP contribution in [0.25, 0.3) is 21.8 Å². The van der Waals surface area contributed by atoms with E-state index in [1.165, 1.54) is 6.07 Å². The predicted octanol–water partition coefficient (Wildman–Crippen LogP) is -0.775. The lowest BCUT2D eigenvalue weighted by atomic mass is 10.0. The number of aromatic hydroxyl groups is 1. The number of phenols is 1. The van der Waals surface area contributed by atoms with Crippen LogP contribution in [-0.4, -0.2) is 16.2 Å². The van der Waals surface area contributed by atoms with Crippen LogP contribution in [0.4, 0.5) is 0 Å². The van der Waals surface area contributed by atoms with Crippen LogP contribution >= 0.6 is 0 Å². The number of halogens is 1. The molecule has 0 saturated heterocycles. The third kappa shape index (κ3) is 2.00. The number of para-hydroxylation sites is 1. The molecule has 102 valence electrons. The number of fused-ring (bicyclic) bond motifs is 2. The summed E-state index contributed by atoms with van der Waals surface area (Å²) < 4.78 is 1.93. The molecular weight excluding hydrogens is 322 g/mol. The van der Waals surface area contributed by atoms with Crippen molar-refractivity contribution in [3.05, 3.63) is 48.0 Å². The maximum absolute atomic E-state index is 11.6. The summed E-state index contributed by atoms with van der Waals surface area (Å²) in [5, 5.41) is 20.3. The Morgan fingerprint density at radius 1 is 1.05 bits per heavy atom. The Labute approximate surface area is 125 Å². The number of nitrogens with zero attached hydrogens (tertiary/aromatic N) is 1. The van der Waals surface area contributed by atoms with Crippen molar-refractivity contribution in [2.75, 3.05) is 0 Å². The average Bonchev–Trinajstić information content (AvgIpc) is 2.38. The van der Waals surface area contributed by atoms with Crippen molar-refractivity contribution in [2.45, 2.75) is 0 Å². The summed E-state index contributed by atoms with van der Waals surface area (Å²) in [6, 6.07) is 12.1. The van der Waals surface area contributed by atoms with E-state index in [1.54, 1.807) is 18.2 Å². The van der Waals surface area contributed by atoms with Gasteiger partial charge < -0.3 is 27.2 Å². The molecule has 0 saturated carbocycles. The summed E-state index contributed by atoms with van der Waals surface area (Å²) in [4.78, 5) is 11.6. The van der Waals surface area contributed by atoms with Crippen LogP contribution < -0.4 is 21.5 Å². The first-order valence-electron chi connectivity index (χ1n) is 5.86. The molecule has 3 rings (SSSR count). The Morgan fingerprint density at radius 3 is 2.40 bits per heavy atom. The van der Waals surface area contributed by atoms with Crippen LogP contribution in [0.15, 0.2) is 42.5 Å². The smallest absolute Gasteiger partial charge is 0.337 e. The molecule has 1 heterocycles. The fourth-order valence-electron chi connectivity index (χ4n) is 2.50. The van der Waals surface area contributed by atoms with E-state index in [2.05, 4.69) is 0 Å². The van der Waals surface area contributed by atoms with Crippen molar-refractivity contribution in [1.29, 1.82) is 0 Å². The van der Waals surface area contributed by atoms with Crippen LogP contribution in [0.2, 0.25) is 0 Å². The first-order valence-corrected chi connectivity index (χ1v) is 5.86. The average molecular weight is 334 g/mol. The van der Waals surface area contributed by atoms with E-state index < -0.39 is 5.97 Å². The highest BCUT2D eigenvalue weighted by Crippen LogP contribution is 2.27. The first kappa shape index (κ1) is 14.3. The largest absolute Gasteiger partial charge is 1.00 e. The highest BCUT2D eigenvalue weighted by atomic mass is 79.9. The van der Waals surface area contributed by atoms with Gasteiger partial charge in [0.15, 0.2) is 0 Å². The molecule has 2 aromatic carbocycles. The third-order valence-corrected chi connectivity index (χ3v) is 3.36. The second-order valence-electron chi connectivity index (χ2n) is 4.46. The summed E-state index contributed by atoms with van der Waals surface area (Å²) in [6.45, 7) is 0. The quantitative estimate of drug-likeness (QED) is 0.454. The Morgan fingerprint density at radius 2 is 1.70 bits per heavy atom. The van der Waals surface area contributed by atoms with Crippen molar-refractivity contribution in [1.82, 2.24) is 0 Å². The summed E-state index contributed by atoms with van der Waals surface area (Å²) in [7, 11) is 1.88. The molecule has 5 heteroatoms. The van der Waals surface area contributed by atoms with E-state index in [-0.39, 0.29) is 28.3 Å². The summed E-state index contributed by atoms with van der Waals surface area (Å²) >= 11 is 0. The Bertz CT molecular complexity index is 830. The van der Waals surface area contributed by atoms with Crippen molar-refractivity contribution < 1.29 is 36.6 Å². The molecule has 0 fully saturated rings. The number of pyridine rings is 1. The standard InChI is InChI=1S/C15H11NO3.BrH/c1-16-12-5-3-2-4-10(12)14(15(18)19)11-8-9(17)6-7-13(11)16;/h2-8H,1H3,(H-,17,18,19);1H. The number of hydrogen-bond donors (Lipinski definition) is 2. The van der Waals surface area contributed by atoms with Crippen molar-refractivity contribution in [3.8, 4) is 5.75 Å². The highest BCUT2D eigenvalue weighted by Gasteiger charge is 2.21. The monoisotopic (exact) mass is 333 g/mol. The minimum atomic E-state index is -0.993. The number of benzene rings is 2. The SMILES string of the molecule is C[n+]1c2ccccc2c(C(=O)O)c2cc(O)ccc21.[Br-]. The Kier molecular flexibility index (Phi) is 3.63. The number of aromatic carboxylic acids is 1. The molecule has 0 atom stereocenters. The van der Waals surface area contributed by atoms with Crippen LogP contribution in [0.1, 0.15) is 10.4 Å². The summed E-state index contributed by atoms with van der Waals surface area (Å²) in [5.41, 5.74) is 1.84. The zero-order valence-electron chi connectivity index (χ0n) is 10.7. The topological polar surface area (TPSA) is 61.4 Å². The first-order chi connectivity index (χ1) is 9.09. The molecule has 2 N–H and O–H groups in total. The molecule has 0 aliphatic carbocycles. The van der Waals surface area contributed by atoms with Gasteiger partial charge in [0.2, 0.25) is 11.0 Å². The Balaban J connectivity index is 0.00000147. The van der Waals surface area contributed by atoms with E-state index in [9.17, 15) is 15.0 Å². The highest BCUT2D eigenvalue weighted by molar-refractivity contribution is 6.12. The lowest BCUT2D eigenvalue weighted by Gasteiger charge is -2.07. The van der Waals surface area contributed by atoms with Gasteiger partial charge in [0.05, 0.1) is 16.3 Å². The van der Waals surface area contributed by atoms with Gasteiger partial charge in [-0.15, -0.1) is 0 Å². The van der Waals surface area contributed by atoms with Crippen molar-refractivity contribution in [3.63, 3.8) is 0 Å². The minimum absolute atomic E-state index is 0. The lowest BCUT2D eigenvalue weighted by molar-refractivity contribution is -0.617. The zero-order valence-corrected chi connectivity index (χ0v) is 12.3. The van der Waals surface area contributed by atoms with Gasteiger partial charge >= 0.3 is 5.97 Å². The number of aromatic nitrogens is 1. The number of hydrogen-bond acceptors (Lipinski definition) is 2. The molecule has 0 radical (unpaired) electrons. The number of aryl methyl sites for hydroxylation is 1. The molecule has 3 aromatic rings. The molecular formula is C15H12BrNO3. The molecule has 4 nitrogen and oxygen atoms in total. The molecule has 0 aliphatic heterocycles. The van der Waals surface area contributed by atoms with Gasteiger partial charge in [-0.1, -0.05) is 12.1 Å². The van der Waals surface area contributed by atoms with Gasteiger partial charge in [0.1, 0.15) is 12.8 Å². The number of carboxylic acids is 1. The van der Waals surface area contributed by atoms with Crippen LogP contribution in [0.3, 0.4) is 0 Å². The van der Waals surface area contributed by atoms with Crippen molar-refractivity contribution in [2.24, 2.45) is 7.05 Å². The zero-order chi connectivity index (χ0) is 13.6. The molecule has 0 aliphatic rings. The number of carboxylic acid groups (broad SMARTS) is 1. The number of phenolic OH excluding ortho intramolecular Hbond substituents is 1. The second kappa shape index (κ2) is 5.09. The molecule has 20 heavy (non-hydrogen) atoms. The summed E-state index contributed by atoms with van der Waals surface area (Å²) in [6.07, 6.45) is 0. The molecule has 0 bridgehead atoms. The van der Waals surface area contributed by atoms with E-state index in [0.717, 1.165) is 11.0 Å². The lowest BCUT2D eigenvalue weighted by Crippen LogP contribution is -3.00. The van der Waals surface area contributed by atoms with Gasteiger partial charge in [0, 0.05) is 12.1 Å². The second-order valence-corrected chi connectivity index (χ2v) is 4.46. The molecule has 0 spiro atoms. The number of carbonyl (C=O) groups is 1. The minimum Gasteiger partial charge on any atom is -1.00 e. The maximum Gasteiger partial charge on any atom is 0.337 e. The van der Waals surface area contributed by atoms with Crippen LogP contribution in [-0.2, 0) is 7.05 Å². The number of rotatable bonds is 1. The van der Waals surface area contributed by atoms with Crippen LogP contribution in [0, 0.1) is 0 Å². The van der Waals surface area contributed by atoms with E-state index >= 15 is 0 Å². The van der Waals surface area contributed by atoms with E-state index in [1.807, 2.05) is 29.8 Å². The van der Waals surface area contributed by atoms with Gasteiger partial charge in [0.25, 0.3) is 0 Å². The van der Waals surface area contributed by atoms with Gasteiger partial charge in [-0.25, -0.2) is 4.79 Å². The van der Waals surface area contributed by atoms with E-state index in [4.69, 9.17) is 0 Å². The summed E-state index contributed by atoms with van der Waals surface area (Å²) in [5.74, 6) is -0.933. The molecule has 0 unspecified atom stereocenters. The predicted molar refractivity (Wildman–Crippen MR) is 71.3 cm³/mol. The van der Waals surface area contributed by atoms with Gasteiger partial charge in [-0.2, -0.15) is 4.57 Å². The third-order valence-electron chi connectivity index (χ3n) is 3.36.